The fraction of sp³-hybridized carbons (Fsp3) is 0.417. The Morgan fingerprint density at radius 2 is 2.40 bits per heavy atom. The van der Waals surface area contributed by atoms with Crippen LogP contribution in [0.15, 0.2) is 18.6 Å². The number of carbonyl (C=O) groups is 1. The zero-order valence-electron chi connectivity index (χ0n) is 11.5. The molecule has 20 heavy (non-hydrogen) atoms. The third-order valence-corrected chi connectivity index (χ3v) is 2.74. The zero-order valence-corrected chi connectivity index (χ0v) is 11.5. The molecule has 0 spiro atoms. The van der Waals surface area contributed by atoms with Gasteiger partial charge in [0, 0.05) is 26.0 Å². The van der Waals surface area contributed by atoms with Crippen molar-refractivity contribution >= 4 is 23.2 Å². The molecule has 2 aromatic heterocycles. The quantitative estimate of drug-likeness (QED) is 0.636. The molecule has 0 aliphatic heterocycles. The van der Waals surface area contributed by atoms with E-state index in [0.29, 0.717) is 30.4 Å². The maximum atomic E-state index is 11.9. The molecule has 0 aromatic carbocycles. The standard InChI is InChI=1S/C12H18N6O2/c1-8(12(19)15-4-6-20-2)16-10-11-14-3-5-18(11)7-9(13)17-10/h3,5,7-8H,4,6,13H2,1-2H3,(H,15,19)(H,16,17). The molecule has 1 unspecified atom stereocenters. The summed E-state index contributed by atoms with van der Waals surface area (Å²) in [7, 11) is 1.58. The van der Waals surface area contributed by atoms with E-state index in [4.69, 9.17) is 10.5 Å². The van der Waals surface area contributed by atoms with E-state index in [1.165, 1.54) is 0 Å². The van der Waals surface area contributed by atoms with Crippen LogP contribution in [-0.4, -0.2) is 46.6 Å². The van der Waals surface area contributed by atoms with Gasteiger partial charge in [-0.3, -0.25) is 4.79 Å². The molecule has 0 fully saturated rings. The second kappa shape index (κ2) is 6.20. The lowest BCUT2D eigenvalue weighted by molar-refractivity contribution is -0.121. The summed E-state index contributed by atoms with van der Waals surface area (Å²) in [5.41, 5.74) is 6.34. The molecule has 108 valence electrons. The summed E-state index contributed by atoms with van der Waals surface area (Å²) in [6, 6.07) is -0.457. The van der Waals surface area contributed by atoms with Gasteiger partial charge in [-0.15, -0.1) is 0 Å². The Balaban J connectivity index is 2.07. The van der Waals surface area contributed by atoms with Crippen LogP contribution in [0.1, 0.15) is 6.92 Å². The largest absolute Gasteiger partial charge is 0.383 e. The van der Waals surface area contributed by atoms with Crippen LogP contribution in [0.3, 0.4) is 0 Å². The number of rotatable bonds is 6. The van der Waals surface area contributed by atoms with Gasteiger partial charge in [-0.1, -0.05) is 0 Å². The van der Waals surface area contributed by atoms with Crippen molar-refractivity contribution in [3.05, 3.63) is 18.6 Å². The van der Waals surface area contributed by atoms with Gasteiger partial charge < -0.3 is 25.5 Å². The smallest absolute Gasteiger partial charge is 0.242 e. The predicted molar refractivity (Wildman–Crippen MR) is 75.4 cm³/mol. The molecular weight excluding hydrogens is 260 g/mol. The van der Waals surface area contributed by atoms with Crippen LogP contribution >= 0.6 is 0 Å². The molecular formula is C12H18N6O2. The number of methoxy groups -OCH3 is 1. The minimum Gasteiger partial charge on any atom is -0.383 e. The fourth-order valence-electron chi connectivity index (χ4n) is 1.75. The summed E-state index contributed by atoms with van der Waals surface area (Å²) in [6.45, 7) is 2.68. The first kappa shape index (κ1) is 14.1. The van der Waals surface area contributed by atoms with Crippen LogP contribution in [0.4, 0.5) is 11.6 Å². The second-order valence-electron chi connectivity index (χ2n) is 4.32. The molecule has 0 bridgehead atoms. The Kier molecular flexibility index (Phi) is 4.36. The molecule has 8 heteroatoms. The minimum absolute atomic E-state index is 0.143. The Labute approximate surface area is 116 Å². The molecule has 1 atom stereocenters. The maximum Gasteiger partial charge on any atom is 0.242 e. The number of nitrogens with two attached hydrogens (primary N) is 1. The van der Waals surface area contributed by atoms with Crippen LogP contribution in [0.25, 0.3) is 5.65 Å². The Morgan fingerprint density at radius 3 is 3.15 bits per heavy atom. The number of carbonyl (C=O) groups excluding carboxylic acids is 1. The van der Waals surface area contributed by atoms with Crippen LogP contribution in [0, 0.1) is 0 Å². The molecule has 0 saturated heterocycles. The van der Waals surface area contributed by atoms with Crippen molar-refractivity contribution in [1.29, 1.82) is 0 Å². The first-order valence-corrected chi connectivity index (χ1v) is 6.24. The molecule has 0 aliphatic carbocycles. The first-order valence-electron chi connectivity index (χ1n) is 6.24. The van der Waals surface area contributed by atoms with Gasteiger partial charge in [-0.05, 0) is 6.92 Å². The highest BCUT2D eigenvalue weighted by Gasteiger charge is 2.15. The van der Waals surface area contributed by atoms with E-state index < -0.39 is 6.04 Å². The van der Waals surface area contributed by atoms with Gasteiger partial charge in [0.15, 0.2) is 11.5 Å². The number of nitrogens with zero attached hydrogens (tertiary/aromatic N) is 3. The summed E-state index contributed by atoms with van der Waals surface area (Å²) in [4.78, 5) is 20.2. The van der Waals surface area contributed by atoms with Crippen LogP contribution in [-0.2, 0) is 9.53 Å². The lowest BCUT2D eigenvalue weighted by Crippen LogP contribution is -2.39. The van der Waals surface area contributed by atoms with Gasteiger partial charge in [0.2, 0.25) is 5.91 Å². The monoisotopic (exact) mass is 278 g/mol. The number of aromatic nitrogens is 3. The molecule has 0 saturated carbocycles. The lowest BCUT2D eigenvalue weighted by Gasteiger charge is -2.15. The molecule has 2 aromatic rings. The molecule has 0 radical (unpaired) electrons. The summed E-state index contributed by atoms with van der Waals surface area (Å²) in [5, 5.41) is 5.76. The minimum atomic E-state index is -0.457. The molecule has 4 N–H and O–H groups in total. The molecule has 1 amide bonds. The van der Waals surface area contributed by atoms with Crippen molar-refractivity contribution in [2.75, 3.05) is 31.3 Å². The number of nitrogens with one attached hydrogen (secondary N) is 2. The van der Waals surface area contributed by atoms with Crippen LogP contribution < -0.4 is 16.4 Å². The van der Waals surface area contributed by atoms with Gasteiger partial charge in [0.1, 0.15) is 11.9 Å². The second-order valence-corrected chi connectivity index (χ2v) is 4.32. The molecule has 2 heterocycles. The van der Waals surface area contributed by atoms with E-state index in [-0.39, 0.29) is 5.91 Å². The third-order valence-electron chi connectivity index (χ3n) is 2.74. The van der Waals surface area contributed by atoms with Crippen LogP contribution in [0.2, 0.25) is 0 Å². The lowest BCUT2D eigenvalue weighted by atomic mass is 10.3. The molecule has 2 rings (SSSR count). The van der Waals surface area contributed by atoms with Crippen molar-refractivity contribution in [3.8, 4) is 0 Å². The average Bonchev–Trinajstić information content (AvgIpc) is 2.86. The van der Waals surface area contributed by atoms with Gasteiger partial charge in [-0.25, -0.2) is 9.97 Å². The van der Waals surface area contributed by atoms with E-state index in [0.717, 1.165) is 0 Å². The number of ether oxygens (including phenoxy) is 1. The van der Waals surface area contributed by atoms with Gasteiger partial charge in [0.25, 0.3) is 0 Å². The summed E-state index contributed by atoms with van der Waals surface area (Å²) in [6.07, 6.45) is 5.07. The number of nitrogen functional groups attached to an aromatic ring is 1. The number of amides is 1. The molecule has 8 nitrogen and oxygen atoms in total. The predicted octanol–water partition coefficient (Wildman–Crippen LogP) is -0.125. The Morgan fingerprint density at radius 1 is 1.60 bits per heavy atom. The van der Waals surface area contributed by atoms with Crippen molar-refractivity contribution < 1.29 is 9.53 Å². The van der Waals surface area contributed by atoms with Gasteiger partial charge >= 0.3 is 0 Å². The molecule has 0 aliphatic rings. The highest BCUT2D eigenvalue weighted by molar-refractivity contribution is 5.85. The normalized spacial score (nSPS) is 12.3. The summed E-state index contributed by atoms with van der Waals surface area (Å²) < 4.78 is 6.63. The summed E-state index contributed by atoms with van der Waals surface area (Å²) >= 11 is 0. The van der Waals surface area contributed by atoms with E-state index in [9.17, 15) is 4.79 Å². The van der Waals surface area contributed by atoms with E-state index in [2.05, 4.69) is 20.6 Å². The number of hydrogen-bond acceptors (Lipinski definition) is 6. The van der Waals surface area contributed by atoms with E-state index in [1.54, 1.807) is 37.0 Å². The maximum absolute atomic E-state index is 11.9. The van der Waals surface area contributed by atoms with Crippen molar-refractivity contribution in [2.24, 2.45) is 0 Å². The highest BCUT2D eigenvalue weighted by atomic mass is 16.5. The summed E-state index contributed by atoms with van der Waals surface area (Å²) in [5.74, 6) is 0.686. The van der Waals surface area contributed by atoms with Gasteiger partial charge in [0.05, 0.1) is 12.8 Å². The number of hydrogen-bond donors (Lipinski definition) is 3. The SMILES string of the molecule is COCCNC(=O)C(C)Nc1nc(N)cn2ccnc12. The van der Waals surface area contributed by atoms with Crippen molar-refractivity contribution in [2.45, 2.75) is 13.0 Å². The average molecular weight is 278 g/mol. The van der Waals surface area contributed by atoms with Crippen molar-refractivity contribution in [1.82, 2.24) is 19.7 Å². The number of imidazole rings is 1. The topological polar surface area (TPSA) is 107 Å². The van der Waals surface area contributed by atoms with Crippen LogP contribution in [0.5, 0.6) is 0 Å². The van der Waals surface area contributed by atoms with Crippen molar-refractivity contribution in [3.63, 3.8) is 0 Å². The fourth-order valence-corrected chi connectivity index (χ4v) is 1.75. The third kappa shape index (κ3) is 3.15. The Hall–Kier alpha value is -2.35. The number of anilines is 2. The van der Waals surface area contributed by atoms with E-state index >= 15 is 0 Å². The van der Waals surface area contributed by atoms with E-state index in [1.807, 2.05) is 0 Å². The zero-order chi connectivity index (χ0) is 14.5. The van der Waals surface area contributed by atoms with Gasteiger partial charge in [-0.2, -0.15) is 0 Å². The Bertz CT molecular complexity index is 597. The first-order chi connectivity index (χ1) is 9.61. The highest BCUT2D eigenvalue weighted by Crippen LogP contribution is 2.15. The number of fused-ring (bicyclic) bond motifs is 1.